The van der Waals surface area contributed by atoms with Crippen LogP contribution in [0.4, 0.5) is 0 Å². The fourth-order valence-electron chi connectivity index (χ4n) is 3.64. The van der Waals surface area contributed by atoms with E-state index in [0.717, 1.165) is 22.3 Å². The van der Waals surface area contributed by atoms with E-state index in [-0.39, 0.29) is 17.3 Å². The summed E-state index contributed by atoms with van der Waals surface area (Å²) in [6, 6.07) is 15.7. The van der Waals surface area contributed by atoms with E-state index in [1.165, 1.54) is 18.2 Å². The molecule has 5 rings (SSSR count). The van der Waals surface area contributed by atoms with E-state index < -0.39 is 0 Å². The molecular weight excluding hydrogens is 328 g/mol. The minimum absolute atomic E-state index is 0.0253. The number of benzene rings is 3. The lowest BCUT2D eigenvalue weighted by molar-refractivity contribution is 0.103. The molecule has 1 heterocycles. The first-order valence-electron chi connectivity index (χ1n) is 8.27. The van der Waals surface area contributed by atoms with Crippen LogP contribution in [0.5, 0.6) is 11.5 Å². The number of aryl methyl sites for hydroxylation is 1. The van der Waals surface area contributed by atoms with Gasteiger partial charge in [0.1, 0.15) is 22.8 Å². The van der Waals surface area contributed by atoms with Crippen molar-refractivity contribution in [3.8, 4) is 33.9 Å². The van der Waals surface area contributed by atoms with Gasteiger partial charge in [0.2, 0.25) is 0 Å². The number of furan rings is 1. The van der Waals surface area contributed by atoms with Crippen molar-refractivity contribution in [2.75, 3.05) is 0 Å². The average Bonchev–Trinajstić information content (AvgIpc) is 2.99. The quantitative estimate of drug-likeness (QED) is 0.448. The van der Waals surface area contributed by atoms with Crippen LogP contribution in [0, 0.1) is 6.92 Å². The number of rotatable bonds is 1. The molecule has 0 fully saturated rings. The highest BCUT2D eigenvalue weighted by atomic mass is 16.3. The second-order valence-electron chi connectivity index (χ2n) is 6.60. The number of carbonyl (C=O) groups is 1. The number of phenolic OH excluding ortho intramolecular Hbond substituents is 2. The van der Waals surface area contributed by atoms with Crippen LogP contribution in [0.2, 0.25) is 0 Å². The Morgan fingerprint density at radius 1 is 0.808 bits per heavy atom. The molecule has 4 aromatic rings. The maximum absolute atomic E-state index is 12.9. The molecule has 0 bridgehead atoms. The molecule has 0 unspecified atom stereocenters. The van der Waals surface area contributed by atoms with Crippen LogP contribution in [0.1, 0.15) is 21.5 Å². The van der Waals surface area contributed by atoms with E-state index in [2.05, 4.69) is 0 Å². The molecule has 0 saturated heterocycles. The number of carbonyl (C=O) groups excluding carboxylic acids is 1. The van der Waals surface area contributed by atoms with E-state index in [9.17, 15) is 15.0 Å². The summed E-state index contributed by atoms with van der Waals surface area (Å²) in [5.74, 6) is 0.407. The van der Waals surface area contributed by atoms with Gasteiger partial charge in [-0.05, 0) is 36.8 Å². The first-order chi connectivity index (χ1) is 12.5. The predicted octanol–water partition coefficient (Wildman–Crippen LogP) is 5.03. The Bertz CT molecular complexity index is 1210. The minimum atomic E-state index is -0.236. The molecule has 1 aliphatic rings. The van der Waals surface area contributed by atoms with Gasteiger partial charge in [0.05, 0.1) is 0 Å². The van der Waals surface area contributed by atoms with Crippen molar-refractivity contribution < 1.29 is 19.4 Å². The molecule has 4 heteroatoms. The second-order valence-corrected chi connectivity index (χ2v) is 6.60. The fraction of sp³-hybridized carbons (Fsp3) is 0.0455. The van der Waals surface area contributed by atoms with E-state index in [1.807, 2.05) is 31.2 Å². The summed E-state index contributed by atoms with van der Waals surface area (Å²) < 4.78 is 6.08. The smallest absolute Gasteiger partial charge is 0.194 e. The lowest BCUT2D eigenvalue weighted by Crippen LogP contribution is -2.08. The van der Waals surface area contributed by atoms with Crippen molar-refractivity contribution in [3.05, 3.63) is 71.3 Å². The highest BCUT2D eigenvalue weighted by molar-refractivity contribution is 6.27. The van der Waals surface area contributed by atoms with Gasteiger partial charge in [-0.25, -0.2) is 0 Å². The maximum atomic E-state index is 12.9. The summed E-state index contributed by atoms with van der Waals surface area (Å²) >= 11 is 0. The molecular formula is C22H14O4. The molecule has 0 amide bonds. The zero-order chi connectivity index (χ0) is 18.0. The number of phenols is 2. The lowest BCUT2D eigenvalue weighted by Gasteiger charge is -2.16. The van der Waals surface area contributed by atoms with Crippen LogP contribution in [0.25, 0.3) is 33.4 Å². The largest absolute Gasteiger partial charge is 0.508 e. The summed E-state index contributed by atoms with van der Waals surface area (Å²) in [4.78, 5) is 12.9. The molecule has 26 heavy (non-hydrogen) atoms. The Morgan fingerprint density at radius 3 is 2.31 bits per heavy atom. The van der Waals surface area contributed by atoms with Gasteiger partial charge in [-0.3, -0.25) is 4.79 Å². The first-order valence-corrected chi connectivity index (χ1v) is 8.27. The van der Waals surface area contributed by atoms with Crippen LogP contribution < -0.4 is 0 Å². The summed E-state index contributed by atoms with van der Waals surface area (Å²) in [6.45, 7) is 2.01. The molecule has 0 spiro atoms. The monoisotopic (exact) mass is 342 g/mol. The average molecular weight is 342 g/mol. The Kier molecular flexibility index (Phi) is 2.84. The van der Waals surface area contributed by atoms with E-state index in [0.29, 0.717) is 27.9 Å². The second kappa shape index (κ2) is 4.99. The molecule has 126 valence electrons. The van der Waals surface area contributed by atoms with Crippen LogP contribution >= 0.6 is 0 Å². The van der Waals surface area contributed by atoms with Crippen molar-refractivity contribution >= 4 is 16.8 Å². The molecule has 1 aromatic heterocycles. The topological polar surface area (TPSA) is 70.7 Å². The van der Waals surface area contributed by atoms with Gasteiger partial charge in [0, 0.05) is 33.7 Å². The van der Waals surface area contributed by atoms with Gasteiger partial charge < -0.3 is 14.6 Å². The number of hydrogen-bond acceptors (Lipinski definition) is 4. The van der Waals surface area contributed by atoms with Crippen LogP contribution in [0.3, 0.4) is 0 Å². The molecule has 2 N–H and O–H groups in total. The molecule has 0 saturated carbocycles. The highest BCUT2D eigenvalue weighted by Crippen LogP contribution is 2.48. The molecule has 3 aromatic carbocycles. The third kappa shape index (κ3) is 1.93. The number of aromatic hydroxyl groups is 2. The Morgan fingerprint density at radius 2 is 1.54 bits per heavy atom. The van der Waals surface area contributed by atoms with Crippen molar-refractivity contribution in [2.24, 2.45) is 0 Å². The molecule has 0 atom stereocenters. The van der Waals surface area contributed by atoms with Crippen LogP contribution in [0.15, 0.2) is 59.0 Å². The van der Waals surface area contributed by atoms with Crippen LogP contribution in [-0.2, 0) is 0 Å². The third-order valence-corrected chi connectivity index (χ3v) is 4.85. The fourth-order valence-corrected chi connectivity index (χ4v) is 3.64. The van der Waals surface area contributed by atoms with E-state index in [4.69, 9.17) is 4.42 Å². The van der Waals surface area contributed by atoms with E-state index >= 15 is 0 Å². The van der Waals surface area contributed by atoms with Gasteiger partial charge in [-0.15, -0.1) is 0 Å². The molecule has 4 nitrogen and oxygen atoms in total. The van der Waals surface area contributed by atoms with Gasteiger partial charge >= 0.3 is 0 Å². The predicted molar refractivity (Wildman–Crippen MR) is 98.6 cm³/mol. The lowest BCUT2D eigenvalue weighted by atomic mass is 9.83. The van der Waals surface area contributed by atoms with Crippen molar-refractivity contribution in [2.45, 2.75) is 6.92 Å². The van der Waals surface area contributed by atoms with Crippen molar-refractivity contribution in [1.29, 1.82) is 0 Å². The first kappa shape index (κ1) is 14.8. The normalized spacial score (nSPS) is 12.4. The van der Waals surface area contributed by atoms with Gasteiger partial charge in [-0.2, -0.15) is 0 Å². The maximum Gasteiger partial charge on any atom is 0.194 e. The van der Waals surface area contributed by atoms with Gasteiger partial charge in [-0.1, -0.05) is 29.8 Å². The zero-order valence-corrected chi connectivity index (χ0v) is 13.9. The van der Waals surface area contributed by atoms with Crippen LogP contribution in [-0.4, -0.2) is 16.0 Å². The van der Waals surface area contributed by atoms with Crippen molar-refractivity contribution in [1.82, 2.24) is 0 Å². The van der Waals surface area contributed by atoms with E-state index in [1.54, 1.807) is 12.1 Å². The summed E-state index contributed by atoms with van der Waals surface area (Å²) in [7, 11) is 0. The third-order valence-electron chi connectivity index (χ3n) is 4.85. The summed E-state index contributed by atoms with van der Waals surface area (Å²) in [5, 5.41) is 20.6. The van der Waals surface area contributed by atoms with Gasteiger partial charge in [0.25, 0.3) is 0 Å². The Hall–Kier alpha value is -3.53. The number of fused-ring (bicyclic) bond motifs is 2. The Labute approximate surface area is 148 Å². The number of ketones is 1. The Balaban J connectivity index is 1.94. The highest BCUT2D eigenvalue weighted by Gasteiger charge is 2.31. The summed E-state index contributed by atoms with van der Waals surface area (Å²) in [5.41, 5.74) is 4.82. The minimum Gasteiger partial charge on any atom is -0.508 e. The number of hydrogen-bond donors (Lipinski definition) is 2. The standard InChI is InChI=1S/C22H14O4/c1-11-2-4-12(5-3-11)22-20-15-7-6-13(23)8-16(15)21(25)17-9-14(24)10-18(26-22)19(17)20/h2-10,23-24H,1H3. The zero-order valence-electron chi connectivity index (χ0n) is 13.9. The SMILES string of the molecule is Cc1ccc(-c2oc3cc(O)cc4c3c2-c2ccc(O)cc2C4=O)cc1. The summed E-state index contributed by atoms with van der Waals surface area (Å²) in [6.07, 6.45) is 0. The van der Waals surface area contributed by atoms with Crippen molar-refractivity contribution in [3.63, 3.8) is 0 Å². The van der Waals surface area contributed by atoms with Gasteiger partial charge in [0.15, 0.2) is 5.78 Å². The molecule has 0 aliphatic heterocycles. The molecule has 0 radical (unpaired) electrons. The molecule has 1 aliphatic carbocycles.